The molecule has 1 fully saturated rings. The molecule has 1 aliphatic carbocycles. The van der Waals surface area contributed by atoms with Gasteiger partial charge in [-0.2, -0.15) is 4.31 Å². The monoisotopic (exact) mass is 469 g/mol. The van der Waals surface area contributed by atoms with E-state index in [0.717, 1.165) is 37.7 Å². The van der Waals surface area contributed by atoms with Crippen molar-refractivity contribution in [2.75, 3.05) is 13.1 Å². The number of amides is 1. The molecular weight excluding hydrogens is 442 g/mol. The van der Waals surface area contributed by atoms with Crippen LogP contribution in [0.1, 0.15) is 49.3 Å². The van der Waals surface area contributed by atoms with Crippen molar-refractivity contribution in [2.45, 2.75) is 56.0 Å². The van der Waals surface area contributed by atoms with Gasteiger partial charge in [-0.15, -0.1) is 0 Å². The summed E-state index contributed by atoms with van der Waals surface area (Å²) in [7, 11) is -3.60. The maximum absolute atomic E-state index is 12.8. The van der Waals surface area contributed by atoms with E-state index in [1.165, 1.54) is 26.6 Å². The van der Waals surface area contributed by atoms with E-state index in [1.54, 1.807) is 6.07 Å². The minimum Gasteiger partial charge on any atom is -0.408 e. The van der Waals surface area contributed by atoms with Crippen LogP contribution in [0.25, 0.3) is 11.1 Å². The van der Waals surface area contributed by atoms with E-state index in [9.17, 15) is 18.0 Å². The average molecular weight is 470 g/mol. The van der Waals surface area contributed by atoms with Crippen molar-refractivity contribution in [3.8, 4) is 0 Å². The minimum atomic E-state index is -3.60. The van der Waals surface area contributed by atoms with Crippen LogP contribution in [0.4, 0.5) is 0 Å². The summed E-state index contributed by atoms with van der Waals surface area (Å²) in [5.74, 6) is -0.734. The molecule has 0 radical (unpaired) electrons. The smallest absolute Gasteiger partial charge is 0.408 e. The summed E-state index contributed by atoms with van der Waals surface area (Å²) >= 11 is 0. The molecule has 8 nitrogen and oxygen atoms in total. The van der Waals surface area contributed by atoms with E-state index in [2.05, 4.69) is 17.4 Å². The van der Waals surface area contributed by atoms with Gasteiger partial charge in [-0.3, -0.25) is 9.36 Å². The van der Waals surface area contributed by atoms with Crippen LogP contribution in [0.3, 0.4) is 0 Å². The fraction of sp³-hybridized carbons (Fsp3) is 0.417. The number of aromatic nitrogens is 1. The fourth-order valence-corrected chi connectivity index (χ4v) is 6.41. The Bertz CT molecular complexity index is 1350. The first kappa shape index (κ1) is 21.9. The average Bonchev–Trinajstić information content (AvgIpc) is 3.46. The number of oxazole rings is 1. The second-order valence-corrected chi connectivity index (χ2v) is 10.7. The van der Waals surface area contributed by atoms with Crippen molar-refractivity contribution in [3.63, 3.8) is 0 Å². The predicted molar refractivity (Wildman–Crippen MR) is 123 cm³/mol. The SMILES string of the molecule is O=C(CCn1c(=O)oc2cc(S(=O)(=O)N3CCCC3)ccc21)NC1CCCc2ccccc21. The summed E-state index contributed by atoms with van der Waals surface area (Å²) in [5, 5.41) is 3.10. The van der Waals surface area contributed by atoms with E-state index in [-0.39, 0.29) is 35.4 Å². The lowest BCUT2D eigenvalue weighted by molar-refractivity contribution is -0.122. The van der Waals surface area contributed by atoms with Crippen molar-refractivity contribution in [2.24, 2.45) is 0 Å². The highest BCUT2D eigenvalue weighted by Crippen LogP contribution is 2.29. The molecule has 1 saturated heterocycles. The molecule has 0 spiro atoms. The van der Waals surface area contributed by atoms with Crippen LogP contribution in [-0.2, 0) is 27.8 Å². The summed E-state index contributed by atoms with van der Waals surface area (Å²) in [6.07, 6.45) is 4.76. The van der Waals surface area contributed by atoms with Gasteiger partial charge in [-0.25, -0.2) is 13.2 Å². The van der Waals surface area contributed by atoms with Crippen molar-refractivity contribution in [1.82, 2.24) is 14.2 Å². The molecule has 1 aliphatic heterocycles. The normalized spacial score (nSPS) is 19.0. The third-order valence-corrected chi connectivity index (χ3v) is 8.50. The van der Waals surface area contributed by atoms with E-state index in [1.807, 2.05) is 12.1 Å². The minimum absolute atomic E-state index is 0.0152. The Morgan fingerprint density at radius 3 is 2.70 bits per heavy atom. The molecule has 1 atom stereocenters. The standard InChI is InChI=1S/C24H27N3O5S/c28-23(25-20-9-5-7-17-6-1-2-8-19(17)20)12-15-27-21-11-10-18(16-22(21)32-24(27)29)33(30,31)26-13-3-4-14-26/h1-2,6,8,10-11,16,20H,3-5,7,9,12-15H2,(H,25,28). The quantitative estimate of drug-likeness (QED) is 0.598. The number of nitrogens with zero attached hydrogens (tertiary/aromatic N) is 2. The highest BCUT2D eigenvalue weighted by atomic mass is 32.2. The molecule has 1 N–H and O–H groups in total. The molecule has 1 aromatic heterocycles. The van der Waals surface area contributed by atoms with Gasteiger partial charge in [0.1, 0.15) is 0 Å². The van der Waals surface area contributed by atoms with Gasteiger partial charge in [-0.05, 0) is 55.4 Å². The number of sulfonamides is 1. The number of nitrogens with one attached hydrogen (secondary N) is 1. The van der Waals surface area contributed by atoms with Gasteiger partial charge in [0.2, 0.25) is 15.9 Å². The summed E-state index contributed by atoms with van der Waals surface area (Å²) in [5.41, 5.74) is 3.12. The number of rotatable bonds is 6. The number of hydrogen-bond acceptors (Lipinski definition) is 5. The molecule has 33 heavy (non-hydrogen) atoms. The van der Waals surface area contributed by atoms with Gasteiger partial charge in [0.25, 0.3) is 0 Å². The van der Waals surface area contributed by atoms with Crippen LogP contribution in [0.5, 0.6) is 0 Å². The molecule has 2 aliphatic rings. The summed E-state index contributed by atoms with van der Waals surface area (Å²) < 4.78 is 33.8. The molecule has 0 bridgehead atoms. The molecular formula is C24H27N3O5S. The zero-order chi connectivity index (χ0) is 23.0. The topological polar surface area (TPSA) is 102 Å². The Labute approximate surface area is 192 Å². The Kier molecular flexibility index (Phi) is 5.84. The lowest BCUT2D eigenvalue weighted by Gasteiger charge is -2.26. The highest BCUT2D eigenvalue weighted by Gasteiger charge is 2.28. The van der Waals surface area contributed by atoms with Gasteiger partial charge in [0, 0.05) is 32.1 Å². The van der Waals surface area contributed by atoms with Crippen LogP contribution in [-0.4, -0.2) is 36.3 Å². The van der Waals surface area contributed by atoms with Crippen LogP contribution < -0.4 is 11.1 Å². The highest BCUT2D eigenvalue weighted by molar-refractivity contribution is 7.89. The van der Waals surface area contributed by atoms with Gasteiger partial charge in [0.15, 0.2) is 5.58 Å². The number of aryl methyl sites for hydroxylation is 2. The third kappa shape index (κ3) is 4.22. The van der Waals surface area contributed by atoms with Crippen molar-refractivity contribution in [3.05, 3.63) is 64.1 Å². The zero-order valence-electron chi connectivity index (χ0n) is 18.3. The molecule has 0 saturated carbocycles. The largest absolute Gasteiger partial charge is 0.419 e. The zero-order valence-corrected chi connectivity index (χ0v) is 19.1. The first-order chi connectivity index (χ1) is 15.9. The summed E-state index contributed by atoms with van der Waals surface area (Å²) in [6, 6.07) is 12.6. The number of benzene rings is 2. The van der Waals surface area contributed by atoms with Crippen molar-refractivity contribution >= 4 is 27.0 Å². The fourth-order valence-electron chi connectivity index (χ4n) is 4.88. The van der Waals surface area contributed by atoms with Gasteiger partial charge in [-0.1, -0.05) is 24.3 Å². The molecule has 1 unspecified atom stereocenters. The predicted octanol–water partition coefficient (Wildman–Crippen LogP) is 2.96. The second-order valence-electron chi connectivity index (χ2n) is 8.72. The van der Waals surface area contributed by atoms with Crippen LogP contribution in [0, 0.1) is 0 Å². The molecule has 2 aromatic carbocycles. The van der Waals surface area contributed by atoms with Crippen LogP contribution in [0.2, 0.25) is 0 Å². The molecule has 1 amide bonds. The molecule has 3 aromatic rings. The Morgan fingerprint density at radius 1 is 1.09 bits per heavy atom. The second kappa shape index (κ2) is 8.79. The van der Waals surface area contributed by atoms with Gasteiger partial charge in [0.05, 0.1) is 16.5 Å². The molecule has 2 heterocycles. The first-order valence-corrected chi connectivity index (χ1v) is 12.9. The Balaban J connectivity index is 1.30. The molecule has 9 heteroatoms. The first-order valence-electron chi connectivity index (χ1n) is 11.4. The van der Waals surface area contributed by atoms with Crippen LogP contribution in [0.15, 0.2) is 56.6 Å². The maximum atomic E-state index is 12.8. The van der Waals surface area contributed by atoms with Gasteiger partial charge < -0.3 is 9.73 Å². The van der Waals surface area contributed by atoms with E-state index < -0.39 is 15.8 Å². The number of fused-ring (bicyclic) bond motifs is 2. The lowest BCUT2D eigenvalue weighted by Crippen LogP contribution is -2.32. The van der Waals surface area contributed by atoms with E-state index in [4.69, 9.17) is 4.42 Å². The van der Waals surface area contributed by atoms with E-state index >= 15 is 0 Å². The Morgan fingerprint density at radius 2 is 1.88 bits per heavy atom. The molecule has 174 valence electrons. The van der Waals surface area contributed by atoms with E-state index in [0.29, 0.717) is 18.6 Å². The maximum Gasteiger partial charge on any atom is 0.419 e. The molecule has 5 rings (SSSR count). The van der Waals surface area contributed by atoms with Crippen LogP contribution >= 0.6 is 0 Å². The number of hydrogen-bond donors (Lipinski definition) is 1. The number of carbonyl (C=O) groups is 1. The van der Waals surface area contributed by atoms with Gasteiger partial charge >= 0.3 is 5.76 Å². The third-order valence-electron chi connectivity index (χ3n) is 6.61. The van der Waals surface area contributed by atoms with Crippen molar-refractivity contribution in [1.29, 1.82) is 0 Å². The van der Waals surface area contributed by atoms with Crippen molar-refractivity contribution < 1.29 is 17.6 Å². The lowest BCUT2D eigenvalue weighted by atomic mass is 9.88. The Hall–Kier alpha value is -2.91. The summed E-state index contributed by atoms with van der Waals surface area (Å²) in [6.45, 7) is 1.17. The summed E-state index contributed by atoms with van der Waals surface area (Å²) in [4.78, 5) is 25.2. The number of carbonyl (C=O) groups excluding carboxylic acids is 1.